The van der Waals surface area contributed by atoms with Gasteiger partial charge in [0.05, 0.1) is 13.7 Å². The summed E-state index contributed by atoms with van der Waals surface area (Å²) in [6, 6.07) is 4.05. The van der Waals surface area contributed by atoms with Gasteiger partial charge in [-0.15, -0.1) is 0 Å². The number of oxazole rings is 1. The highest BCUT2D eigenvalue weighted by Crippen LogP contribution is 2.33. The first-order valence-electron chi connectivity index (χ1n) is 5.45. The van der Waals surface area contributed by atoms with E-state index in [1.54, 1.807) is 7.11 Å². The minimum absolute atomic E-state index is 0.325. The summed E-state index contributed by atoms with van der Waals surface area (Å²) in [4.78, 5) is 4.21. The molecule has 0 aliphatic heterocycles. The van der Waals surface area contributed by atoms with Gasteiger partial charge in [-0.1, -0.05) is 0 Å². The molecule has 0 spiro atoms. The van der Waals surface area contributed by atoms with Crippen LogP contribution in [0.4, 0.5) is 0 Å². The maximum absolute atomic E-state index is 5.62. The van der Waals surface area contributed by atoms with Gasteiger partial charge in [-0.3, -0.25) is 0 Å². The van der Waals surface area contributed by atoms with E-state index in [9.17, 15) is 0 Å². The van der Waals surface area contributed by atoms with E-state index in [0.29, 0.717) is 12.3 Å². The van der Waals surface area contributed by atoms with Crippen LogP contribution in [0, 0.1) is 13.8 Å². The Balaban J connectivity index is 2.62. The number of methoxy groups -OCH3 is 1. The summed E-state index contributed by atoms with van der Waals surface area (Å²) in [5.41, 5.74) is 9.67. The molecule has 4 nitrogen and oxygen atoms in total. The first kappa shape index (κ1) is 11.7. The van der Waals surface area contributed by atoms with Crippen LogP contribution in [0.1, 0.15) is 16.9 Å². The first-order valence-corrected chi connectivity index (χ1v) is 5.45. The average Bonchev–Trinajstić information content (AvgIpc) is 2.80. The lowest BCUT2D eigenvalue weighted by atomic mass is 10.0. The van der Waals surface area contributed by atoms with Crippen molar-refractivity contribution in [3.8, 4) is 17.0 Å². The maximum Gasteiger partial charge on any atom is 0.181 e. The van der Waals surface area contributed by atoms with Crippen molar-refractivity contribution in [2.75, 3.05) is 7.11 Å². The van der Waals surface area contributed by atoms with Crippen molar-refractivity contribution >= 4 is 0 Å². The summed E-state index contributed by atoms with van der Waals surface area (Å²) >= 11 is 0. The number of aromatic nitrogens is 1. The Morgan fingerprint density at radius 3 is 2.65 bits per heavy atom. The van der Waals surface area contributed by atoms with Crippen molar-refractivity contribution in [3.05, 3.63) is 35.4 Å². The van der Waals surface area contributed by atoms with Crippen molar-refractivity contribution in [2.45, 2.75) is 20.4 Å². The van der Waals surface area contributed by atoms with E-state index in [0.717, 1.165) is 17.0 Å². The lowest BCUT2D eigenvalue weighted by Gasteiger charge is -2.10. The maximum atomic E-state index is 5.62. The van der Waals surface area contributed by atoms with Gasteiger partial charge in [-0.05, 0) is 37.1 Å². The second-order valence-corrected chi connectivity index (χ2v) is 3.97. The van der Waals surface area contributed by atoms with Crippen LogP contribution in [0.2, 0.25) is 0 Å². The molecule has 1 aromatic carbocycles. The second kappa shape index (κ2) is 4.59. The summed E-state index contributed by atoms with van der Waals surface area (Å²) in [5.74, 6) is 1.46. The molecule has 0 radical (unpaired) electrons. The summed E-state index contributed by atoms with van der Waals surface area (Å²) < 4.78 is 10.6. The van der Waals surface area contributed by atoms with Gasteiger partial charge in [-0.2, -0.15) is 0 Å². The summed E-state index contributed by atoms with van der Waals surface area (Å²) in [7, 11) is 1.65. The Kier molecular flexibility index (Phi) is 3.15. The Morgan fingerprint density at radius 1 is 1.29 bits per heavy atom. The number of hydrogen-bond donors (Lipinski definition) is 1. The number of benzene rings is 1. The van der Waals surface area contributed by atoms with Crippen LogP contribution < -0.4 is 10.5 Å². The molecule has 90 valence electrons. The number of nitrogens with two attached hydrogens (primary N) is 1. The lowest BCUT2D eigenvalue weighted by Crippen LogP contribution is -1.98. The fraction of sp³-hybridized carbons (Fsp3) is 0.308. The predicted molar refractivity (Wildman–Crippen MR) is 65.9 cm³/mol. The fourth-order valence-electron chi connectivity index (χ4n) is 1.78. The van der Waals surface area contributed by atoms with Gasteiger partial charge >= 0.3 is 0 Å². The standard InChI is InChI=1S/C13H16N2O2/c1-8-4-10(11(16-3)5-9(8)2)13-12(6-14)17-7-15-13/h4-5,7H,6,14H2,1-3H3. The molecule has 0 bridgehead atoms. The van der Waals surface area contributed by atoms with Crippen LogP contribution in [0.25, 0.3) is 11.3 Å². The van der Waals surface area contributed by atoms with E-state index in [2.05, 4.69) is 11.9 Å². The van der Waals surface area contributed by atoms with Gasteiger partial charge < -0.3 is 14.9 Å². The molecule has 0 aliphatic carbocycles. The molecule has 0 amide bonds. The molecule has 1 aromatic heterocycles. The average molecular weight is 232 g/mol. The molecule has 0 fully saturated rings. The zero-order chi connectivity index (χ0) is 12.4. The number of ether oxygens (including phenoxy) is 1. The molecule has 0 saturated carbocycles. The highest BCUT2D eigenvalue weighted by Gasteiger charge is 2.15. The fourth-order valence-corrected chi connectivity index (χ4v) is 1.78. The van der Waals surface area contributed by atoms with Gasteiger partial charge in [0.2, 0.25) is 0 Å². The summed E-state index contributed by atoms with van der Waals surface area (Å²) in [6.07, 6.45) is 1.41. The Bertz CT molecular complexity index is 532. The third kappa shape index (κ3) is 2.03. The van der Waals surface area contributed by atoms with Crippen LogP contribution in [0.3, 0.4) is 0 Å². The van der Waals surface area contributed by atoms with Gasteiger partial charge in [-0.25, -0.2) is 4.98 Å². The number of hydrogen-bond acceptors (Lipinski definition) is 4. The van der Waals surface area contributed by atoms with Crippen molar-refractivity contribution in [3.63, 3.8) is 0 Å². The normalized spacial score (nSPS) is 10.6. The number of nitrogens with zero attached hydrogens (tertiary/aromatic N) is 1. The summed E-state index contributed by atoms with van der Waals surface area (Å²) in [6.45, 7) is 4.43. The van der Waals surface area contributed by atoms with Crippen LogP contribution in [0.15, 0.2) is 22.9 Å². The SMILES string of the molecule is COc1cc(C)c(C)cc1-c1ncoc1CN. The molecule has 0 aliphatic rings. The molecular formula is C13H16N2O2. The van der Waals surface area contributed by atoms with Crippen molar-refractivity contribution in [2.24, 2.45) is 5.73 Å². The molecule has 0 atom stereocenters. The van der Waals surface area contributed by atoms with Gasteiger partial charge in [0.25, 0.3) is 0 Å². The van der Waals surface area contributed by atoms with Crippen LogP contribution in [0.5, 0.6) is 5.75 Å². The van der Waals surface area contributed by atoms with Crippen LogP contribution >= 0.6 is 0 Å². The monoisotopic (exact) mass is 232 g/mol. The van der Waals surface area contributed by atoms with Gasteiger partial charge in [0.1, 0.15) is 17.2 Å². The van der Waals surface area contributed by atoms with E-state index >= 15 is 0 Å². The topological polar surface area (TPSA) is 61.3 Å². The highest BCUT2D eigenvalue weighted by molar-refractivity contribution is 5.70. The molecule has 2 N–H and O–H groups in total. The van der Waals surface area contributed by atoms with E-state index in [4.69, 9.17) is 14.9 Å². The van der Waals surface area contributed by atoms with Crippen molar-refractivity contribution in [1.29, 1.82) is 0 Å². The Morgan fingerprint density at radius 2 is 2.00 bits per heavy atom. The molecule has 17 heavy (non-hydrogen) atoms. The third-order valence-corrected chi connectivity index (χ3v) is 2.90. The van der Waals surface area contributed by atoms with Gasteiger partial charge in [0, 0.05) is 5.56 Å². The smallest absolute Gasteiger partial charge is 0.181 e. The number of aryl methyl sites for hydroxylation is 2. The van der Waals surface area contributed by atoms with Gasteiger partial charge in [0.15, 0.2) is 6.39 Å². The molecule has 0 saturated heterocycles. The molecule has 0 unspecified atom stereocenters. The molecule has 2 rings (SSSR count). The van der Waals surface area contributed by atoms with Crippen molar-refractivity contribution < 1.29 is 9.15 Å². The minimum atomic E-state index is 0.325. The Hall–Kier alpha value is -1.81. The third-order valence-electron chi connectivity index (χ3n) is 2.90. The molecule has 1 heterocycles. The van der Waals surface area contributed by atoms with E-state index in [1.807, 2.05) is 19.1 Å². The molecule has 4 heteroatoms. The quantitative estimate of drug-likeness (QED) is 0.882. The first-order chi connectivity index (χ1) is 8.17. The largest absolute Gasteiger partial charge is 0.496 e. The molecular weight excluding hydrogens is 216 g/mol. The Labute approximate surface area is 100 Å². The van der Waals surface area contributed by atoms with Crippen LogP contribution in [-0.4, -0.2) is 12.1 Å². The lowest BCUT2D eigenvalue weighted by molar-refractivity contribution is 0.415. The van der Waals surface area contributed by atoms with E-state index in [1.165, 1.54) is 17.5 Å². The molecule has 2 aromatic rings. The predicted octanol–water partition coefficient (Wildman–Crippen LogP) is 2.43. The number of rotatable bonds is 3. The van der Waals surface area contributed by atoms with E-state index < -0.39 is 0 Å². The minimum Gasteiger partial charge on any atom is -0.496 e. The zero-order valence-electron chi connectivity index (χ0n) is 10.3. The van der Waals surface area contributed by atoms with Crippen molar-refractivity contribution in [1.82, 2.24) is 4.98 Å². The van der Waals surface area contributed by atoms with E-state index in [-0.39, 0.29) is 0 Å². The second-order valence-electron chi connectivity index (χ2n) is 3.97. The summed E-state index contributed by atoms with van der Waals surface area (Å²) in [5, 5.41) is 0. The zero-order valence-corrected chi connectivity index (χ0v) is 10.3. The highest BCUT2D eigenvalue weighted by atomic mass is 16.5. The van der Waals surface area contributed by atoms with Crippen LogP contribution in [-0.2, 0) is 6.54 Å².